The van der Waals surface area contributed by atoms with Gasteiger partial charge < -0.3 is 23.4 Å². The normalized spacial score (nSPS) is 13.5. The summed E-state index contributed by atoms with van der Waals surface area (Å²) in [6.07, 6.45) is 0. The fourth-order valence-corrected chi connectivity index (χ4v) is 11.6. The van der Waals surface area contributed by atoms with Gasteiger partial charge in [0.25, 0.3) is 0 Å². The first-order chi connectivity index (χ1) is 32.7. The average molecular weight is 845 g/mol. The molecule has 66 heavy (non-hydrogen) atoms. The number of benzene rings is 10. The zero-order valence-electron chi connectivity index (χ0n) is 35.4. The van der Waals surface area contributed by atoms with Crippen molar-refractivity contribution in [1.82, 2.24) is 4.57 Å². The fourth-order valence-electron chi connectivity index (χ4n) is 11.6. The Balaban J connectivity index is 0.896. The molecule has 12 aromatic rings. The number of hydrogen-bond acceptors (Lipinski definition) is 4. The molecule has 2 aliphatic carbocycles. The smallest absolute Gasteiger partial charge is 0.172 e. The van der Waals surface area contributed by atoms with Crippen molar-refractivity contribution in [3.05, 3.63) is 241 Å². The van der Waals surface area contributed by atoms with Crippen LogP contribution in [0.5, 0.6) is 23.0 Å². The van der Waals surface area contributed by atoms with Crippen LogP contribution in [0.15, 0.2) is 223 Å². The molecule has 5 heteroatoms. The Kier molecular flexibility index (Phi) is 7.09. The molecule has 1 spiro atoms. The minimum atomic E-state index is -0.493. The number of hydrogen-bond donors (Lipinski definition) is 0. The van der Waals surface area contributed by atoms with E-state index in [4.69, 9.17) is 13.9 Å². The van der Waals surface area contributed by atoms with Gasteiger partial charge >= 0.3 is 0 Å². The Labute approximate surface area is 379 Å². The second-order valence-electron chi connectivity index (χ2n) is 17.6. The second kappa shape index (κ2) is 13.1. The lowest BCUT2D eigenvalue weighted by Gasteiger charge is -2.31. The Morgan fingerprint density at radius 1 is 0.333 bits per heavy atom. The van der Waals surface area contributed by atoms with Gasteiger partial charge in [0.2, 0.25) is 0 Å². The summed E-state index contributed by atoms with van der Waals surface area (Å²) in [6, 6.07) is 78.0. The van der Waals surface area contributed by atoms with Crippen LogP contribution in [0.3, 0.4) is 0 Å². The number of rotatable bonds is 4. The summed E-state index contributed by atoms with van der Waals surface area (Å²) in [7, 11) is 0. The Morgan fingerprint density at radius 3 is 1.59 bits per heavy atom. The second-order valence-corrected chi connectivity index (χ2v) is 17.6. The molecule has 0 radical (unpaired) electrons. The summed E-state index contributed by atoms with van der Waals surface area (Å²) >= 11 is 0. The van der Waals surface area contributed by atoms with Crippen LogP contribution in [0.25, 0.3) is 71.7 Å². The van der Waals surface area contributed by atoms with E-state index in [1.807, 2.05) is 18.2 Å². The van der Waals surface area contributed by atoms with Crippen molar-refractivity contribution in [3.63, 3.8) is 0 Å². The Bertz CT molecular complexity index is 3940. The van der Waals surface area contributed by atoms with Gasteiger partial charge in [0.15, 0.2) is 23.0 Å². The van der Waals surface area contributed by atoms with Gasteiger partial charge in [0, 0.05) is 50.7 Å². The largest absolute Gasteiger partial charge is 0.456 e. The maximum Gasteiger partial charge on any atom is 0.172 e. The molecule has 2 aromatic heterocycles. The van der Waals surface area contributed by atoms with Crippen molar-refractivity contribution < 1.29 is 13.9 Å². The number of nitrogens with zero attached hydrogens (tertiary/aromatic N) is 2. The maximum absolute atomic E-state index is 7.06. The molecule has 0 amide bonds. The molecule has 0 bridgehead atoms. The highest BCUT2D eigenvalue weighted by Crippen LogP contribution is 2.64. The molecule has 0 atom stereocenters. The molecule has 15 rings (SSSR count). The van der Waals surface area contributed by atoms with Crippen LogP contribution in [0.4, 0.5) is 17.1 Å². The monoisotopic (exact) mass is 844 g/mol. The first kappa shape index (κ1) is 35.6. The third-order valence-electron chi connectivity index (χ3n) is 14.2. The molecular weight excluding hydrogens is 809 g/mol. The zero-order chi connectivity index (χ0) is 43.1. The predicted molar refractivity (Wildman–Crippen MR) is 266 cm³/mol. The summed E-state index contributed by atoms with van der Waals surface area (Å²) in [6.45, 7) is 0. The standard InChI is InChI=1S/C61H36N2O3/c1-7-22-49-41(16-1)42-17-2-8-23-50(42)61(49)51-24-9-3-18-43(51)48-35-59-60(36-52(48)61)66-58-34-40(29-31-56(58)65-59)62(39-28-30-47-46-21-6-12-27-55(46)64-57(47)33-39)37-14-13-15-38(32-37)63-53-25-10-4-19-44(53)45-20-5-11-26-54(45)63/h1-36H. The van der Waals surface area contributed by atoms with E-state index in [0.29, 0.717) is 23.0 Å². The number of furan rings is 1. The van der Waals surface area contributed by atoms with Crippen LogP contribution in [0, 0.1) is 0 Å². The predicted octanol–water partition coefficient (Wildman–Crippen LogP) is 16.4. The first-order valence-electron chi connectivity index (χ1n) is 22.5. The van der Waals surface area contributed by atoms with Crippen molar-refractivity contribution in [3.8, 4) is 50.9 Å². The Hall–Kier alpha value is -8.80. The third kappa shape index (κ3) is 4.73. The SMILES string of the molecule is c1cc(N(c2ccc3c(c2)Oc2cc4c(cc2O3)-c2ccccc2C42c3ccccc3-c3ccccc32)c2ccc3c(c2)oc2ccccc23)cc(-n2c3ccccc3c3ccccc32)c1. The lowest BCUT2D eigenvalue weighted by molar-refractivity contribution is 0.359. The lowest BCUT2D eigenvalue weighted by Crippen LogP contribution is -2.25. The average Bonchev–Trinajstić information content (AvgIpc) is 4.09. The highest BCUT2D eigenvalue weighted by Gasteiger charge is 2.52. The number of anilines is 3. The molecule has 3 heterocycles. The summed E-state index contributed by atoms with van der Waals surface area (Å²) in [5.74, 6) is 2.70. The summed E-state index contributed by atoms with van der Waals surface area (Å²) in [5.41, 5.74) is 17.4. The molecule has 0 saturated carbocycles. The van der Waals surface area contributed by atoms with Gasteiger partial charge in [0.05, 0.1) is 22.1 Å². The number of para-hydroxylation sites is 3. The minimum Gasteiger partial charge on any atom is -0.456 e. The Morgan fingerprint density at radius 2 is 0.864 bits per heavy atom. The van der Waals surface area contributed by atoms with Crippen LogP contribution in [0.2, 0.25) is 0 Å². The van der Waals surface area contributed by atoms with E-state index in [2.05, 4.69) is 210 Å². The molecule has 1 aliphatic heterocycles. The van der Waals surface area contributed by atoms with Crippen molar-refractivity contribution in [2.24, 2.45) is 0 Å². The van der Waals surface area contributed by atoms with E-state index in [-0.39, 0.29) is 0 Å². The minimum absolute atomic E-state index is 0.493. The van der Waals surface area contributed by atoms with Crippen LogP contribution < -0.4 is 14.4 Å². The van der Waals surface area contributed by atoms with Crippen molar-refractivity contribution in [2.75, 3.05) is 4.90 Å². The molecule has 0 fully saturated rings. The van der Waals surface area contributed by atoms with E-state index in [9.17, 15) is 0 Å². The summed E-state index contributed by atoms with van der Waals surface area (Å²) in [4.78, 5) is 2.28. The van der Waals surface area contributed by atoms with E-state index in [0.717, 1.165) is 61.3 Å². The first-order valence-corrected chi connectivity index (χ1v) is 22.5. The van der Waals surface area contributed by atoms with Gasteiger partial charge in [-0.2, -0.15) is 0 Å². The van der Waals surface area contributed by atoms with Crippen LogP contribution in [0.1, 0.15) is 22.3 Å². The molecule has 3 aliphatic rings. The van der Waals surface area contributed by atoms with Crippen molar-refractivity contribution >= 4 is 60.8 Å². The van der Waals surface area contributed by atoms with Crippen molar-refractivity contribution in [2.45, 2.75) is 5.41 Å². The van der Waals surface area contributed by atoms with E-state index in [1.54, 1.807) is 0 Å². The van der Waals surface area contributed by atoms with Gasteiger partial charge in [-0.25, -0.2) is 0 Å². The molecular formula is C61H36N2O3. The van der Waals surface area contributed by atoms with Crippen LogP contribution >= 0.6 is 0 Å². The molecule has 0 saturated heterocycles. The summed E-state index contributed by atoms with van der Waals surface area (Å²) < 4.78 is 22.7. The van der Waals surface area contributed by atoms with Gasteiger partial charge in [-0.05, 0) is 117 Å². The molecule has 308 valence electrons. The highest BCUT2D eigenvalue weighted by molar-refractivity contribution is 6.09. The van der Waals surface area contributed by atoms with E-state index >= 15 is 0 Å². The number of ether oxygens (including phenoxy) is 2. The van der Waals surface area contributed by atoms with Gasteiger partial charge in [0.1, 0.15) is 11.2 Å². The highest BCUT2D eigenvalue weighted by atomic mass is 16.6. The van der Waals surface area contributed by atoms with E-state index in [1.165, 1.54) is 49.7 Å². The van der Waals surface area contributed by atoms with E-state index < -0.39 is 5.41 Å². The molecule has 0 unspecified atom stereocenters. The summed E-state index contributed by atoms with van der Waals surface area (Å²) in [5, 5.41) is 4.61. The van der Waals surface area contributed by atoms with Crippen LogP contribution in [-0.2, 0) is 5.41 Å². The lowest BCUT2D eigenvalue weighted by atomic mass is 9.70. The number of fused-ring (bicyclic) bond motifs is 18. The molecule has 0 N–H and O–H groups in total. The van der Waals surface area contributed by atoms with Gasteiger partial charge in [-0.1, -0.05) is 133 Å². The van der Waals surface area contributed by atoms with Crippen LogP contribution in [-0.4, -0.2) is 4.57 Å². The van der Waals surface area contributed by atoms with Crippen molar-refractivity contribution in [1.29, 1.82) is 0 Å². The quantitative estimate of drug-likeness (QED) is 0.177. The maximum atomic E-state index is 7.06. The van der Waals surface area contributed by atoms with Gasteiger partial charge in [-0.15, -0.1) is 0 Å². The topological polar surface area (TPSA) is 39.8 Å². The number of aromatic nitrogens is 1. The fraction of sp³-hybridized carbons (Fsp3) is 0.0164. The zero-order valence-corrected chi connectivity index (χ0v) is 35.4. The van der Waals surface area contributed by atoms with Gasteiger partial charge in [-0.3, -0.25) is 0 Å². The molecule has 10 aromatic carbocycles. The molecule has 5 nitrogen and oxygen atoms in total. The third-order valence-corrected chi connectivity index (χ3v) is 14.2.